The van der Waals surface area contributed by atoms with Crippen LogP contribution in [0.5, 0.6) is 0 Å². The van der Waals surface area contributed by atoms with E-state index in [0.717, 1.165) is 12.1 Å². The van der Waals surface area contributed by atoms with Crippen molar-refractivity contribution in [2.45, 2.75) is 53.9 Å². The van der Waals surface area contributed by atoms with Crippen molar-refractivity contribution in [2.75, 3.05) is 0 Å². The van der Waals surface area contributed by atoms with Gasteiger partial charge in [0.15, 0.2) is 0 Å². The summed E-state index contributed by atoms with van der Waals surface area (Å²) < 4.78 is 1.26. The van der Waals surface area contributed by atoms with Crippen LogP contribution in [0, 0.1) is 12.3 Å². The highest BCUT2D eigenvalue weighted by Crippen LogP contribution is 2.41. The molecule has 0 aliphatic heterocycles. The monoisotopic (exact) mass is 463 g/mol. The predicted molar refractivity (Wildman–Crippen MR) is 150 cm³/mol. The summed E-state index contributed by atoms with van der Waals surface area (Å²) in [4.78, 5) is 6.19. The first-order valence-corrected chi connectivity index (χ1v) is 13.0. The first-order valence-electron chi connectivity index (χ1n) is 12.2. The molecule has 34 heavy (non-hydrogen) atoms. The summed E-state index contributed by atoms with van der Waals surface area (Å²) in [5.41, 5.74) is 8.05. The van der Waals surface area contributed by atoms with E-state index in [1.807, 2.05) is 17.5 Å². The summed E-state index contributed by atoms with van der Waals surface area (Å²) in [6.45, 7) is 13.7. The molecule has 0 atom stereocenters. The Morgan fingerprint density at radius 1 is 0.882 bits per heavy atom. The summed E-state index contributed by atoms with van der Waals surface area (Å²) in [6.07, 6.45) is 3.05. The third kappa shape index (κ3) is 4.40. The van der Waals surface area contributed by atoms with E-state index in [1.54, 1.807) is 0 Å². The van der Waals surface area contributed by atoms with Gasteiger partial charge in [0.25, 0.3) is 0 Å². The van der Waals surface area contributed by atoms with Crippen LogP contribution in [0.15, 0.2) is 72.9 Å². The van der Waals surface area contributed by atoms with Crippen LogP contribution in [-0.4, -0.2) is 4.98 Å². The Hall–Kier alpha value is -2.97. The number of benzene rings is 3. The standard InChI is InChI=1S/C32H33NS/c1-20(2)28-17-25(16-23-9-7-8-10-27(23)28)30-31-24(13-14-33-30)18-29(34-31)26-12-11-22(15-21(26)3)19-32(4,5)6/h7-18,20H,19H2,1-6H3. The molecule has 2 heterocycles. The lowest BCUT2D eigenvalue weighted by Gasteiger charge is -2.19. The molecule has 0 aliphatic carbocycles. The number of aromatic nitrogens is 1. The summed E-state index contributed by atoms with van der Waals surface area (Å²) in [5, 5.41) is 3.89. The van der Waals surface area contributed by atoms with E-state index in [2.05, 4.69) is 108 Å². The van der Waals surface area contributed by atoms with Crippen LogP contribution in [0.4, 0.5) is 0 Å². The number of rotatable bonds is 4. The summed E-state index contributed by atoms with van der Waals surface area (Å²) >= 11 is 1.86. The van der Waals surface area contributed by atoms with E-state index in [4.69, 9.17) is 4.98 Å². The number of thiophene rings is 1. The van der Waals surface area contributed by atoms with Gasteiger partial charge in [-0.25, -0.2) is 0 Å². The second-order valence-corrected chi connectivity index (χ2v) is 12.1. The van der Waals surface area contributed by atoms with Crippen LogP contribution in [0.2, 0.25) is 0 Å². The van der Waals surface area contributed by atoms with Gasteiger partial charge in [-0.2, -0.15) is 0 Å². The summed E-state index contributed by atoms with van der Waals surface area (Å²) in [6, 6.07) is 24.8. The minimum Gasteiger partial charge on any atom is -0.255 e. The second-order valence-electron chi connectivity index (χ2n) is 11.0. The topological polar surface area (TPSA) is 12.9 Å². The molecule has 172 valence electrons. The zero-order chi connectivity index (χ0) is 24.0. The first-order chi connectivity index (χ1) is 16.2. The molecule has 1 nitrogen and oxygen atoms in total. The predicted octanol–water partition coefficient (Wildman–Crippen LogP) is 9.80. The maximum Gasteiger partial charge on any atom is 0.0880 e. The summed E-state index contributed by atoms with van der Waals surface area (Å²) in [7, 11) is 0. The number of nitrogens with zero attached hydrogens (tertiary/aromatic N) is 1. The zero-order valence-electron chi connectivity index (χ0n) is 21.1. The van der Waals surface area contributed by atoms with Crippen LogP contribution in [-0.2, 0) is 6.42 Å². The molecule has 0 bridgehead atoms. The lowest BCUT2D eigenvalue weighted by molar-refractivity contribution is 0.411. The zero-order valence-corrected chi connectivity index (χ0v) is 21.9. The highest BCUT2D eigenvalue weighted by atomic mass is 32.1. The van der Waals surface area contributed by atoms with E-state index >= 15 is 0 Å². The van der Waals surface area contributed by atoms with Crippen LogP contribution in [0.1, 0.15) is 57.2 Å². The van der Waals surface area contributed by atoms with Crippen LogP contribution in [0.25, 0.3) is 42.6 Å². The minimum absolute atomic E-state index is 0.292. The van der Waals surface area contributed by atoms with Gasteiger partial charge in [-0.3, -0.25) is 4.98 Å². The molecule has 2 heteroatoms. The van der Waals surface area contributed by atoms with Crippen molar-refractivity contribution in [3.63, 3.8) is 0 Å². The van der Waals surface area contributed by atoms with Crippen molar-refractivity contribution >= 4 is 32.2 Å². The van der Waals surface area contributed by atoms with Crippen molar-refractivity contribution in [2.24, 2.45) is 5.41 Å². The molecule has 0 fully saturated rings. The number of fused-ring (bicyclic) bond motifs is 2. The number of hydrogen-bond acceptors (Lipinski definition) is 2. The van der Waals surface area contributed by atoms with Gasteiger partial charge in [-0.1, -0.05) is 77.1 Å². The smallest absolute Gasteiger partial charge is 0.0880 e. The average Bonchev–Trinajstić information content (AvgIpc) is 3.21. The highest BCUT2D eigenvalue weighted by Gasteiger charge is 2.16. The van der Waals surface area contributed by atoms with E-state index in [9.17, 15) is 0 Å². The molecule has 0 aliphatic rings. The molecule has 0 unspecified atom stereocenters. The van der Waals surface area contributed by atoms with Gasteiger partial charge in [-0.15, -0.1) is 11.3 Å². The number of hydrogen-bond donors (Lipinski definition) is 0. The Bertz CT molecular complexity index is 1500. The van der Waals surface area contributed by atoms with Gasteiger partial charge in [0.05, 0.1) is 10.4 Å². The van der Waals surface area contributed by atoms with E-state index < -0.39 is 0 Å². The normalized spacial score (nSPS) is 12.2. The van der Waals surface area contributed by atoms with Crippen molar-refractivity contribution in [3.05, 3.63) is 89.6 Å². The average molecular weight is 464 g/mol. The largest absolute Gasteiger partial charge is 0.255 e. The van der Waals surface area contributed by atoms with Gasteiger partial charge in [-0.05, 0) is 87.4 Å². The third-order valence-corrected chi connectivity index (χ3v) is 7.70. The van der Waals surface area contributed by atoms with Crippen LogP contribution >= 0.6 is 11.3 Å². The van der Waals surface area contributed by atoms with E-state index in [0.29, 0.717) is 11.3 Å². The van der Waals surface area contributed by atoms with Crippen molar-refractivity contribution in [1.82, 2.24) is 4.98 Å². The van der Waals surface area contributed by atoms with Crippen molar-refractivity contribution in [3.8, 4) is 21.7 Å². The molecule has 0 N–H and O–H groups in total. The second kappa shape index (κ2) is 8.67. The van der Waals surface area contributed by atoms with Crippen molar-refractivity contribution < 1.29 is 0 Å². The Morgan fingerprint density at radius 2 is 1.68 bits per heavy atom. The van der Waals surface area contributed by atoms with Gasteiger partial charge in [0.2, 0.25) is 0 Å². The molecular formula is C32H33NS. The Kier molecular flexibility index (Phi) is 5.81. The molecule has 3 aromatic carbocycles. The SMILES string of the molecule is Cc1cc(CC(C)(C)C)ccc1-c1cc2ccnc(-c3cc(C(C)C)c4ccccc4c3)c2s1. The quantitative estimate of drug-likeness (QED) is 0.258. The molecule has 0 amide bonds. The van der Waals surface area contributed by atoms with Crippen LogP contribution < -0.4 is 0 Å². The number of aryl methyl sites for hydroxylation is 1. The van der Waals surface area contributed by atoms with Gasteiger partial charge < -0.3 is 0 Å². The third-order valence-electron chi connectivity index (χ3n) is 6.51. The lowest BCUT2D eigenvalue weighted by atomic mass is 9.87. The molecule has 5 aromatic rings. The Balaban J connectivity index is 1.62. The van der Waals surface area contributed by atoms with E-state index in [1.165, 1.54) is 53.6 Å². The fraction of sp³-hybridized carbons (Fsp3) is 0.281. The van der Waals surface area contributed by atoms with Gasteiger partial charge in [0, 0.05) is 16.6 Å². The maximum atomic E-state index is 4.88. The molecule has 0 spiro atoms. The van der Waals surface area contributed by atoms with Gasteiger partial charge >= 0.3 is 0 Å². The molecular weight excluding hydrogens is 430 g/mol. The van der Waals surface area contributed by atoms with Gasteiger partial charge in [0.1, 0.15) is 0 Å². The van der Waals surface area contributed by atoms with Crippen LogP contribution in [0.3, 0.4) is 0 Å². The Labute approximate surface area is 207 Å². The molecule has 2 aromatic heterocycles. The maximum absolute atomic E-state index is 4.88. The number of pyridine rings is 1. The lowest BCUT2D eigenvalue weighted by Crippen LogP contribution is -2.09. The summed E-state index contributed by atoms with van der Waals surface area (Å²) in [5.74, 6) is 0.456. The fourth-order valence-corrected chi connectivity index (χ4v) is 6.24. The molecule has 0 saturated carbocycles. The highest BCUT2D eigenvalue weighted by molar-refractivity contribution is 7.22. The molecule has 5 rings (SSSR count). The molecule has 0 radical (unpaired) electrons. The minimum atomic E-state index is 0.292. The van der Waals surface area contributed by atoms with Crippen molar-refractivity contribution in [1.29, 1.82) is 0 Å². The molecule has 0 saturated heterocycles. The fourth-order valence-electron chi connectivity index (χ4n) is 4.98. The first kappa shape index (κ1) is 22.8. The Morgan fingerprint density at radius 3 is 2.41 bits per heavy atom. The van der Waals surface area contributed by atoms with E-state index in [-0.39, 0.29) is 0 Å².